The number of rotatable bonds is 45. The number of ether oxygens (including phenoxy) is 5. The lowest BCUT2D eigenvalue weighted by Gasteiger charge is -2.19. The van der Waals surface area contributed by atoms with E-state index in [1.165, 1.54) is 160 Å². The third-order valence-electron chi connectivity index (χ3n) is 15.4. The number of carbonyl (C=O) groups excluding carboxylic acids is 3. The molecule has 2 N–H and O–H groups in total. The average Bonchev–Trinajstić information content (AvgIpc) is 3.52. The van der Waals surface area contributed by atoms with Crippen molar-refractivity contribution in [3.05, 3.63) is 119 Å². The molecule has 1 fully saturated rings. The van der Waals surface area contributed by atoms with Crippen molar-refractivity contribution >= 4 is 46.1 Å². The Kier molecular flexibility index (Phi) is 31.3. The molecular formula is C71H98N4O8. The highest BCUT2D eigenvalue weighted by atomic mass is 16.5. The lowest BCUT2D eigenvalue weighted by molar-refractivity contribution is -0.123. The van der Waals surface area contributed by atoms with Gasteiger partial charge in [0.2, 0.25) is 5.75 Å². The van der Waals surface area contributed by atoms with Crippen molar-refractivity contribution < 1.29 is 38.1 Å². The van der Waals surface area contributed by atoms with E-state index in [0.717, 1.165) is 83.4 Å². The Morgan fingerprint density at radius 2 is 0.795 bits per heavy atom. The van der Waals surface area contributed by atoms with E-state index < -0.39 is 17.8 Å². The van der Waals surface area contributed by atoms with E-state index in [4.69, 9.17) is 23.7 Å². The third kappa shape index (κ3) is 25.0. The maximum atomic E-state index is 12.4. The van der Waals surface area contributed by atoms with E-state index in [1.54, 1.807) is 6.07 Å². The van der Waals surface area contributed by atoms with Crippen molar-refractivity contribution in [2.45, 2.75) is 227 Å². The van der Waals surface area contributed by atoms with Crippen molar-refractivity contribution in [3.63, 3.8) is 0 Å². The molecule has 1 aliphatic heterocycles. The number of barbiturate groups is 1. The van der Waals surface area contributed by atoms with Gasteiger partial charge in [0.1, 0.15) is 30.3 Å². The molecule has 0 aromatic heterocycles. The second-order valence-corrected chi connectivity index (χ2v) is 22.4. The van der Waals surface area contributed by atoms with Gasteiger partial charge in [0, 0.05) is 5.39 Å². The molecule has 0 atom stereocenters. The van der Waals surface area contributed by atoms with Crippen LogP contribution in [0.1, 0.15) is 230 Å². The van der Waals surface area contributed by atoms with Gasteiger partial charge in [-0.05, 0) is 102 Å². The lowest BCUT2D eigenvalue weighted by atomic mass is 10.0. The average molecular weight is 1140 g/mol. The fourth-order valence-electron chi connectivity index (χ4n) is 10.4. The molecule has 0 spiro atoms. The molecule has 12 nitrogen and oxygen atoms in total. The highest BCUT2D eigenvalue weighted by Gasteiger charge is 2.28. The van der Waals surface area contributed by atoms with E-state index in [9.17, 15) is 14.4 Å². The van der Waals surface area contributed by atoms with Gasteiger partial charge >= 0.3 is 6.03 Å². The summed E-state index contributed by atoms with van der Waals surface area (Å²) in [6.45, 7) is 9.38. The molecule has 83 heavy (non-hydrogen) atoms. The zero-order chi connectivity index (χ0) is 58.4. The molecular weight excluding hydrogens is 1040 g/mol. The van der Waals surface area contributed by atoms with E-state index in [2.05, 4.69) is 53.8 Å². The van der Waals surface area contributed by atoms with Gasteiger partial charge < -0.3 is 23.7 Å². The molecule has 450 valence electrons. The Morgan fingerprint density at radius 3 is 1.27 bits per heavy atom. The van der Waals surface area contributed by atoms with Gasteiger partial charge in [0.05, 0.1) is 31.2 Å². The van der Waals surface area contributed by atoms with Crippen LogP contribution in [0.3, 0.4) is 0 Å². The number of unbranched alkanes of at least 4 members (excludes halogenated alkanes) is 27. The number of nitrogens with one attached hydrogen (secondary N) is 2. The van der Waals surface area contributed by atoms with Gasteiger partial charge in [0.15, 0.2) is 11.5 Å². The second kappa shape index (κ2) is 39.7. The highest BCUT2D eigenvalue weighted by molar-refractivity contribution is 6.31. The maximum absolute atomic E-state index is 12.4. The first-order valence-electron chi connectivity index (χ1n) is 32.2. The van der Waals surface area contributed by atoms with E-state index in [0.29, 0.717) is 55.7 Å². The number of fused-ring (bicyclic) bond motifs is 1. The molecule has 0 unspecified atom stereocenters. The Labute approximate surface area is 497 Å². The van der Waals surface area contributed by atoms with Crippen LogP contribution in [0.2, 0.25) is 0 Å². The summed E-state index contributed by atoms with van der Waals surface area (Å²) in [5.41, 5.74) is 3.79. The zero-order valence-electron chi connectivity index (χ0n) is 50.7. The Bertz CT molecular complexity index is 2650. The fourth-order valence-corrected chi connectivity index (χ4v) is 10.4. The summed E-state index contributed by atoms with van der Waals surface area (Å²) in [5, 5.41) is 14.9. The fraction of sp³-hybridized carbons (Fsp3) is 0.535. The predicted molar refractivity (Wildman–Crippen MR) is 338 cm³/mol. The highest BCUT2D eigenvalue weighted by Crippen LogP contribution is 2.40. The smallest absolute Gasteiger partial charge is 0.328 e. The van der Waals surface area contributed by atoms with Gasteiger partial charge in [-0.15, -0.1) is 0 Å². The number of nitrogens with zero attached hydrogens (tertiary/aromatic N) is 2. The number of amides is 4. The molecule has 0 radical (unpaired) electrons. The minimum absolute atomic E-state index is 0.150. The van der Waals surface area contributed by atoms with Crippen LogP contribution < -0.4 is 34.3 Å². The molecule has 6 rings (SSSR count). The van der Waals surface area contributed by atoms with Crippen LogP contribution in [0.25, 0.3) is 16.8 Å². The van der Waals surface area contributed by atoms with Crippen LogP contribution in [0.15, 0.2) is 113 Å². The summed E-state index contributed by atoms with van der Waals surface area (Å²) in [5.74, 6) is 2.08. The first-order chi connectivity index (χ1) is 40.8. The van der Waals surface area contributed by atoms with Crippen LogP contribution in [-0.2, 0) is 22.8 Å². The SMILES string of the molecule is CCCCCCCCCCCCOc1cc(COc2ccc(N=Nc3ccc(COc4ccc(C=C5C(=O)NC(=O)NC5=O)c5ccccc45)cc3)cc2)cc(OCCCCCCCCCCCC)c1OCCCCCCCCCCCC. The summed E-state index contributed by atoms with van der Waals surface area (Å²) in [6.07, 6.45) is 39.7. The minimum atomic E-state index is -0.837. The third-order valence-corrected chi connectivity index (χ3v) is 15.4. The van der Waals surface area contributed by atoms with E-state index in [1.807, 2.05) is 78.9 Å². The lowest BCUT2D eigenvalue weighted by Crippen LogP contribution is -2.51. The number of urea groups is 1. The zero-order valence-corrected chi connectivity index (χ0v) is 50.7. The first-order valence-corrected chi connectivity index (χ1v) is 32.2. The van der Waals surface area contributed by atoms with Crippen molar-refractivity contribution in [2.24, 2.45) is 10.2 Å². The minimum Gasteiger partial charge on any atom is -0.490 e. The number of carbonyl (C=O) groups is 3. The van der Waals surface area contributed by atoms with Gasteiger partial charge in [-0.3, -0.25) is 20.2 Å². The second-order valence-electron chi connectivity index (χ2n) is 22.4. The van der Waals surface area contributed by atoms with Gasteiger partial charge in [-0.2, -0.15) is 10.2 Å². The number of benzene rings is 5. The molecule has 1 saturated heterocycles. The Hall–Kier alpha value is -6.69. The molecule has 0 bridgehead atoms. The summed E-state index contributed by atoms with van der Waals surface area (Å²) in [6, 6.07) is 29.9. The summed E-state index contributed by atoms with van der Waals surface area (Å²) < 4.78 is 32.6. The number of hydrogen-bond acceptors (Lipinski definition) is 10. The van der Waals surface area contributed by atoms with Crippen molar-refractivity contribution in [1.29, 1.82) is 0 Å². The van der Waals surface area contributed by atoms with Crippen LogP contribution in [0, 0.1) is 0 Å². The molecule has 5 aromatic carbocycles. The topological polar surface area (TPSA) is 146 Å². The van der Waals surface area contributed by atoms with Gasteiger partial charge in [-0.25, -0.2) is 4.79 Å². The van der Waals surface area contributed by atoms with E-state index >= 15 is 0 Å². The van der Waals surface area contributed by atoms with Crippen molar-refractivity contribution in [1.82, 2.24) is 10.6 Å². The summed E-state index contributed by atoms with van der Waals surface area (Å²) in [7, 11) is 0. The van der Waals surface area contributed by atoms with E-state index in [-0.39, 0.29) is 5.57 Å². The van der Waals surface area contributed by atoms with Gasteiger partial charge in [0.25, 0.3) is 11.8 Å². The molecule has 12 heteroatoms. The number of hydrogen-bond donors (Lipinski definition) is 2. The normalized spacial score (nSPS) is 12.5. The summed E-state index contributed by atoms with van der Waals surface area (Å²) >= 11 is 0. The number of imide groups is 2. The first kappa shape index (κ1) is 65.5. The molecule has 0 aliphatic carbocycles. The molecule has 0 saturated carbocycles. The Balaban J connectivity index is 1.05. The quantitative estimate of drug-likeness (QED) is 0.0170. The molecule has 5 aromatic rings. The van der Waals surface area contributed by atoms with Crippen LogP contribution in [0.5, 0.6) is 28.7 Å². The van der Waals surface area contributed by atoms with Crippen LogP contribution in [0.4, 0.5) is 16.2 Å². The van der Waals surface area contributed by atoms with Crippen molar-refractivity contribution in [3.8, 4) is 28.7 Å². The van der Waals surface area contributed by atoms with Crippen molar-refractivity contribution in [2.75, 3.05) is 19.8 Å². The standard InChI is InChI=1S/C71H98N4O8/c1-4-7-10-13-16-19-22-25-28-33-48-79-66-51-57(52-67(80-49-34-29-26-23-20-17-14-11-8-5-2)68(66)81-50-35-30-27-24-21-18-15-12-9-6-3)55-82-61-45-43-60(44-46-61)75-74-59-41-38-56(39-42-59)54-83-65-47-40-58(62-36-31-32-37-63(62)65)53-64-69(76)72-71(78)73-70(64)77/h31-32,36-47,51-53H,4-30,33-35,48-50,54-55H2,1-3H3,(H2,72,73,76,77,78). The van der Waals surface area contributed by atoms with Crippen LogP contribution in [-0.4, -0.2) is 37.7 Å². The molecule has 1 heterocycles. The predicted octanol–water partition coefficient (Wildman–Crippen LogP) is 20.1. The monoisotopic (exact) mass is 1130 g/mol. The largest absolute Gasteiger partial charge is 0.490 e. The molecule has 4 amide bonds. The Morgan fingerprint density at radius 1 is 0.386 bits per heavy atom. The summed E-state index contributed by atoms with van der Waals surface area (Å²) in [4.78, 5) is 36.4. The molecule has 1 aliphatic rings. The van der Waals surface area contributed by atoms with Crippen LogP contribution >= 0.6 is 0 Å². The maximum Gasteiger partial charge on any atom is 0.328 e. The number of azo groups is 1. The van der Waals surface area contributed by atoms with Gasteiger partial charge in [-0.1, -0.05) is 237 Å².